The molecule has 1 fully saturated rings. The van der Waals surface area contributed by atoms with Gasteiger partial charge in [-0.3, -0.25) is 14.5 Å². The molecule has 1 atom stereocenters. The second kappa shape index (κ2) is 8.32. The molecule has 168 valence electrons. The highest BCUT2D eigenvalue weighted by Crippen LogP contribution is 2.37. The number of rotatable bonds is 5. The van der Waals surface area contributed by atoms with Crippen molar-refractivity contribution in [2.24, 2.45) is 0 Å². The quantitative estimate of drug-likeness (QED) is 0.446. The Morgan fingerprint density at radius 2 is 1.30 bits per heavy atom. The molecule has 0 bridgehead atoms. The lowest BCUT2D eigenvalue weighted by Crippen LogP contribution is -2.47. The summed E-state index contributed by atoms with van der Waals surface area (Å²) in [5.41, 5.74) is 1.44. The van der Waals surface area contributed by atoms with E-state index >= 15 is 0 Å². The Hall–Kier alpha value is -3.73. The van der Waals surface area contributed by atoms with Crippen LogP contribution >= 0.6 is 0 Å². The molecule has 5 heteroatoms. The number of benzene rings is 3. The second-order valence-corrected chi connectivity index (χ2v) is 9.45. The smallest absolute Gasteiger partial charge is 0.315 e. The number of hydrogen-bond donors (Lipinski definition) is 1. The lowest BCUT2D eigenvalue weighted by atomic mass is 9.82. The van der Waals surface area contributed by atoms with E-state index in [-0.39, 0.29) is 11.2 Å². The van der Waals surface area contributed by atoms with E-state index in [0.29, 0.717) is 16.7 Å². The third-order valence-electron chi connectivity index (χ3n) is 6.27. The zero-order chi connectivity index (χ0) is 23.8. The SMILES string of the molecule is C[C@H](C(=O)c1ccc(C(C)(C)C)cc1)N1C(=O)NC(c2ccccc2)(c2ccccc2)C1=O. The van der Waals surface area contributed by atoms with E-state index in [1.54, 1.807) is 19.1 Å². The van der Waals surface area contributed by atoms with Gasteiger partial charge >= 0.3 is 6.03 Å². The molecule has 33 heavy (non-hydrogen) atoms. The number of nitrogens with zero attached hydrogens (tertiary/aromatic N) is 1. The lowest BCUT2D eigenvalue weighted by molar-refractivity contribution is -0.131. The summed E-state index contributed by atoms with van der Waals surface area (Å²) in [6.45, 7) is 7.91. The predicted molar refractivity (Wildman–Crippen MR) is 128 cm³/mol. The Morgan fingerprint density at radius 1 is 0.818 bits per heavy atom. The second-order valence-electron chi connectivity index (χ2n) is 9.45. The van der Waals surface area contributed by atoms with Crippen LogP contribution in [0, 0.1) is 0 Å². The predicted octanol–water partition coefficient (Wildman–Crippen LogP) is 5.05. The summed E-state index contributed by atoms with van der Waals surface area (Å²) in [4.78, 5) is 41.4. The number of Topliss-reactive ketones (excluding diaryl/α,β-unsaturated/α-hetero) is 1. The largest absolute Gasteiger partial charge is 0.326 e. The summed E-state index contributed by atoms with van der Waals surface area (Å²) in [6.07, 6.45) is 0. The Kier molecular flexibility index (Phi) is 5.66. The molecular weight excluding hydrogens is 412 g/mol. The van der Waals surface area contributed by atoms with Gasteiger partial charge in [0.15, 0.2) is 11.3 Å². The van der Waals surface area contributed by atoms with Crippen LogP contribution in [0.25, 0.3) is 0 Å². The van der Waals surface area contributed by atoms with Crippen molar-refractivity contribution >= 4 is 17.7 Å². The van der Waals surface area contributed by atoms with Gasteiger partial charge in [-0.1, -0.05) is 106 Å². The Bertz CT molecular complexity index is 1140. The minimum Gasteiger partial charge on any atom is -0.315 e. The van der Waals surface area contributed by atoms with Crippen LogP contribution in [-0.4, -0.2) is 28.7 Å². The van der Waals surface area contributed by atoms with Crippen molar-refractivity contribution < 1.29 is 14.4 Å². The first-order valence-corrected chi connectivity index (χ1v) is 11.1. The maximum absolute atomic E-state index is 13.9. The van der Waals surface area contributed by atoms with E-state index in [1.165, 1.54) is 0 Å². The summed E-state index contributed by atoms with van der Waals surface area (Å²) in [7, 11) is 0. The standard InChI is InChI=1S/C28H28N2O3/c1-19(24(31)20-15-17-21(18-16-20)27(2,3)4)30-25(32)28(29-26(30)33,22-11-7-5-8-12-22)23-13-9-6-10-14-23/h5-19H,1-4H3,(H,29,33)/t19-/m1/s1. The zero-order valence-corrected chi connectivity index (χ0v) is 19.3. The number of ketones is 1. The maximum atomic E-state index is 13.9. The first-order valence-electron chi connectivity index (χ1n) is 11.1. The monoisotopic (exact) mass is 440 g/mol. The van der Waals surface area contributed by atoms with Gasteiger partial charge in [0.05, 0.1) is 0 Å². The minimum atomic E-state index is -1.38. The lowest BCUT2D eigenvalue weighted by Gasteiger charge is -2.29. The topological polar surface area (TPSA) is 66.5 Å². The van der Waals surface area contributed by atoms with Gasteiger partial charge in [-0.2, -0.15) is 0 Å². The fourth-order valence-corrected chi connectivity index (χ4v) is 4.33. The van der Waals surface area contributed by atoms with Gasteiger partial charge in [0.2, 0.25) is 0 Å². The number of carbonyl (C=O) groups excluding carboxylic acids is 3. The van der Waals surface area contributed by atoms with Gasteiger partial charge in [0.25, 0.3) is 5.91 Å². The fourth-order valence-electron chi connectivity index (χ4n) is 4.33. The van der Waals surface area contributed by atoms with E-state index in [2.05, 4.69) is 26.1 Å². The van der Waals surface area contributed by atoms with Crippen LogP contribution in [0.1, 0.15) is 54.7 Å². The highest BCUT2D eigenvalue weighted by molar-refractivity contribution is 6.14. The summed E-state index contributed by atoms with van der Waals surface area (Å²) in [5.74, 6) is -0.743. The number of hydrogen-bond acceptors (Lipinski definition) is 3. The molecule has 1 N–H and O–H groups in total. The number of nitrogens with one attached hydrogen (secondary N) is 1. The van der Waals surface area contributed by atoms with Crippen LogP contribution in [0.5, 0.6) is 0 Å². The highest BCUT2D eigenvalue weighted by Gasteiger charge is 2.55. The first-order chi connectivity index (χ1) is 15.7. The molecule has 5 nitrogen and oxygen atoms in total. The summed E-state index contributed by atoms with van der Waals surface area (Å²) in [5, 5.41) is 2.90. The molecule has 1 saturated heterocycles. The molecular formula is C28H28N2O3. The molecule has 4 rings (SSSR count). The molecule has 1 aliphatic heterocycles. The number of urea groups is 1. The average molecular weight is 441 g/mol. The summed E-state index contributed by atoms with van der Waals surface area (Å²) in [6, 6.07) is 24.1. The Balaban J connectivity index is 1.71. The van der Waals surface area contributed by atoms with Gasteiger partial charge in [0, 0.05) is 5.56 Å². The van der Waals surface area contributed by atoms with Crippen LogP contribution < -0.4 is 5.32 Å². The van der Waals surface area contributed by atoms with Crippen molar-refractivity contribution in [3.05, 3.63) is 107 Å². The van der Waals surface area contributed by atoms with Gasteiger partial charge in [-0.15, -0.1) is 0 Å². The van der Waals surface area contributed by atoms with Crippen molar-refractivity contribution in [1.82, 2.24) is 10.2 Å². The number of amides is 3. The van der Waals surface area contributed by atoms with Gasteiger partial charge in [-0.25, -0.2) is 4.79 Å². The molecule has 0 saturated carbocycles. The normalized spacial score (nSPS) is 16.4. The van der Waals surface area contributed by atoms with E-state index in [0.717, 1.165) is 10.5 Å². The van der Waals surface area contributed by atoms with E-state index in [4.69, 9.17) is 0 Å². The summed E-state index contributed by atoms with van der Waals surface area (Å²) < 4.78 is 0. The van der Waals surface area contributed by atoms with Crippen molar-refractivity contribution in [2.45, 2.75) is 44.7 Å². The molecule has 0 unspecified atom stereocenters. The highest BCUT2D eigenvalue weighted by atomic mass is 16.2. The van der Waals surface area contributed by atoms with E-state index in [9.17, 15) is 14.4 Å². The van der Waals surface area contributed by atoms with E-state index < -0.39 is 23.5 Å². The molecule has 3 aromatic rings. The zero-order valence-electron chi connectivity index (χ0n) is 19.3. The third kappa shape index (κ3) is 3.84. The number of carbonyl (C=O) groups is 3. The van der Waals surface area contributed by atoms with Gasteiger partial charge in [0.1, 0.15) is 6.04 Å². The van der Waals surface area contributed by atoms with Crippen molar-refractivity contribution in [3.8, 4) is 0 Å². The molecule has 0 aromatic heterocycles. The summed E-state index contributed by atoms with van der Waals surface area (Å²) >= 11 is 0. The average Bonchev–Trinajstić information content (AvgIpc) is 3.09. The van der Waals surface area contributed by atoms with Crippen molar-refractivity contribution in [3.63, 3.8) is 0 Å². The molecule has 0 aliphatic carbocycles. The van der Waals surface area contributed by atoms with Gasteiger partial charge in [-0.05, 0) is 29.0 Å². The van der Waals surface area contributed by atoms with Crippen LogP contribution in [0.2, 0.25) is 0 Å². The minimum absolute atomic E-state index is 0.0387. The Labute approximate surface area is 194 Å². The van der Waals surface area contributed by atoms with Crippen LogP contribution in [0.15, 0.2) is 84.9 Å². The van der Waals surface area contributed by atoms with Crippen LogP contribution in [0.3, 0.4) is 0 Å². The molecule has 3 amide bonds. The third-order valence-corrected chi connectivity index (χ3v) is 6.27. The molecule has 0 radical (unpaired) electrons. The molecule has 1 aliphatic rings. The van der Waals surface area contributed by atoms with Crippen molar-refractivity contribution in [2.75, 3.05) is 0 Å². The Morgan fingerprint density at radius 3 is 1.76 bits per heavy atom. The molecule has 3 aromatic carbocycles. The first kappa shape index (κ1) is 22.5. The fraction of sp³-hybridized carbons (Fsp3) is 0.250. The van der Waals surface area contributed by atoms with Gasteiger partial charge < -0.3 is 5.32 Å². The van der Waals surface area contributed by atoms with Crippen LogP contribution in [-0.2, 0) is 15.7 Å². The molecule has 1 heterocycles. The number of imide groups is 1. The maximum Gasteiger partial charge on any atom is 0.326 e. The van der Waals surface area contributed by atoms with Crippen LogP contribution in [0.4, 0.5) is 4.79 Å². The molecule has 0 spiro atoms. The van der Waals surface area contributed by atoms with E-state index in [1.807, 2.05) is 72.8 Å². The van der Waals surface area contributed by atoms with Crippen molar-refractivity contribution in [1.29, 1.82) is 0 Å².